The number of hydrogen-bond acceptors (Lipinski definition) is 5. The van der Waals surface area contributed by atoms with Gasteiger partial charge in [0.05, 0.1) is 26.4 Å². The first-order chi connectivity index (χ1) is 13.7. The van der Waals surface area contributed by atoms with Crippen LogP contribution in [0.4, 0.5) is 0 Å². The third-order valence-corrected chi connectivity index (χ3v) is 4.55. The Labute approximate surface area is 166 Å². The molecule has 1 aromatic carbocycles. The molecule has 1 aliphatic heterocycles. The maximum absolute atomic E-state index is 11.5. The number of aromatic nitrogens is 1. The van der Waals surface area contributed by atoms with Crippen molar-refractivity contribution in [2.24, 2.45) is 0 Å². The molecule has 0 radical (unpaired) electrons. The van der Waals surface area contributed by atoms with Gasteiger partial charge in [-0.05, 0) is 42.8 Å². The normalized spacial score (nSPS) is 15.0. The second-order valence-electron chi connectivity index (χ2n) is 6.60. The molecular formula is C22H28N2O4. The number of nitrogens with zero attached hydrogens (tertiary/aromatic N) is 2. The molecular weight excluding hydrogens is 356 g/mol. The highest BCUT2D eigenvalue weighted by Crippen LogP contribution is 2.16. The van der Waals surface area contributed by atoms with Gasteiger partial charge in [-0.3, -0.25) is 4.90 Å². The van der Waals surface area contributed by atoms with Gasteiger partial charge in [0.25, 0.3) is 0 Å². The number of ether oxygens (including phenoxy) is 3. The van der Waals surface area contributed by atoms with E-state index in [1.54, 1.807) is 13.0 Å². The van der Waals surface area contributed by atoms with Gasteiger partial charge in [-0.2, -0.15) is 0 Å². The highest BCUT2D eigenvalue weighted by molar-refractivity contribution is 5.86. The lowest BCUT2D eigenvalue weighted by molar-refractivity contribution is -0.137. The second kappa shape index (κ2) is 10.7. The van der Waals surface area contributed by atoms with Gasteiger partial charge < -0.3 is 18.8 Å². The van der Waals surface area contributed by atoms with Crippen LogP contribution in [0, 0.1) is 0 Å². The standard InChI is InChI=1S/C22H28N2O4/c1-2-27-22(25)9-8-20-6-4-10-24(20)13-16-28-21-7-3-5-19(17-21)18-23-11-14-26-15-12-23/h3-10,17H,2,11-16,18H2,1H3. The lowest BCUT2D eigenvalue weighted by Gasteiger charge is -2.26. The first-order valence-corrected chi connectivity index (χ1v) is 9.76. The van der Waals surface area contributed by atoms with Crippen molar-refractivity contribution in [3.05, 3.63) is 59.9 Å². The Morgan fingerprint density at radius 1 is 1.21 bits per heavy atom. The molecule has 150 valence electrons. The molecule has 2 aromatic rings. The quantitative estimate of drug-likeness (QED) is 0.491. The fraction of sp³-hybridized carbons (Fsp3) is 0.409. The van der Waals surface area contributed by atoms with Crippen LogP contribution in [0.25, 0.3) is 6.08 Å². The number of hydrogen-bond donors (Lipinski definition) is 0. The number of rotatable bonds is 9. The summed E-state index contributed by atoms with van der Waals surface area (Å²) in [5.41, 5.74) is 2.19. The van der Waals surface area contributed by atoms with Crippen LogP contribution in [0.3, 0.4) is 0 Å². The lowest BCUT2D eigenvalue weighted by Crippen LogP contribution is -2.35. The molecule has 3 rings (SSSR count). The SMILES string of the molecule is CCOC(=O)C=Cc1cccn1CCOc1cccc(CN2CCOCC2)c1. The lowest BCUT2D eigenvalue weighted by atomic mass is 10.2. The van der Waals surface area contributed by atoms with E-state index in [1.807, 2.05) is 35.0 Å². The number of carbonyl (C=O) groups is 1. The Bertz CT molecular complexity index is 778. The summed E-state index contributed by atoms with van der Waals surface area (Å²) in [6, 6.07) is 12.2. The van der Waals surface area contributed by atoms with Crippen LogP contribution in [0.1, 0.15) is 18.2 Å². The summed E-state index contributed by atoms with van der Waals surface area (Å²) < 4.78 is 18.3. The molecule has 1 saturated heterocycles. The van der Waals surface area contributed by atoms with Gasteiger partial charge in [0.15, 0.2) is 0 Å². The molecule has 0 N–H and O–H groups in total. The van der Waals surface area contributed by atoms with Crippen LogP contribution < -0.4 is 4.74 Å². The first-order valence-electron chi connectivity index (χ1n) is 9.76. The summed E-state index contributed by atoms with van der Waals surface area (Å²) in [6.45, 7) is 7.89. The van der Waals surface area contributed by atoms with Crippen LogP contribution in [-0.4, -0.2) is 55.0 Å². The van der Waals surface area contributed by atoms with Crippen molar-refractivity contribution in [1.29, 1.82) is 0 Å². The summed E-state index contributed by atoms with van der Waals surface area (Å²) in [7, 11) is 0. The molecule has 0 amide bonds. The predicted octanol–water partition coefficient (Wildman–Crippen LogP) is 2.98. The van der Waals surface area contributed by atoms with Gasteiger partial charge in [0.2, 0.25) is 0 Å². The van der Waals surface area contributed by atoms with Gasteiger partial charge in [-0.15, -0.1) is 0 Å². The maximum Gasteiger partial charge on any atom is 0.330 e. The first kappa shape index (κ1) is 20.2. The molecule has 6 nitrogen and oxygen atoms in total. The molecule has 0 unspecified atom stereocenters. The van der Waals surface area contributed by atoms with E-state index in [0.29, 0.717) is 19.8 Å². The van der Waals surface area contributed by atoms with Crippen molar-refractivity contribution in [3.8, 4) is 5.75 Å². The molecule has 6 heteroatoms. The minimum atomic E-state index is -0.330. The topological polar surface area (TPSA) is 52.9 Å². The van der Waals surface area contributed by atoms with E-state index >= 15 is 0 Å². The van der Waals surface area contributed by atoms with E-state index in [9.17, 15) is 4.79 Å². The molecule has 0 spiro atoms. The summed E-state index contributed by atoms with van der Waals surface area (Å²) in [5, 5.41) is 0. The van der Waals surface area contributed by atoms with E-state index in [4.69, 9.17) is 14.2 Å². The van der Waals surface area contributed by atoms with Gasteiger partial charge in [0, 0.05) is 37.6 Å². The van der Waals surface area contributed by atoms with Crippen molar-refractivity contribution >= 4 is 12.0 Å². The Hall–Kier alpha value is -2.57. The zero-order valence-corrected chi connectivity index (χ0v) is 16.4. The van der Waals surface area contributed by atoms with Crippen LogP contribution in [-0.2, 0) is 27.4 Å². The summed E-state index contributed by atoms with van der Waals surface area (Å²) in [5.74, 6) is 0.546. The van der Waals surface area contributed by atoms with Crippen LogP contribution >= 0.6 is 0 Å². The second-order valence-corrected chi connectivity index (χ2v) is 6.60. The molecule has 1 aliphatic rings. The number of benzene rings is 1. The largest absolute Gasteiger partial charge is 0.492 e. The molecule has 1 aromatic heterocycles. The van der Waals surface area contributed by atoms with Crippen molar-refractivity contribution in [3.63, 3.8) is 0 Å². The van der Waals surface area contributed by atoms with Crippen molar-refractivity contribution < 1.29 is 19.0 Å². The molecule has 0 bridgehead atoms. The zero-order chi connectivity index (χ0) is 19.6. The smallest absolute Gasteiger partial charge is 0.330 e. The number of carbonyl (C=O) groups excluding carboxylic acids is 1. The van der Waals surface area contributed by atoms with E-state index in [0.717, 1.165) is 44.3 Å². The van der Waals surface area contributed by atoms with Crippen molar-refractivity contribution in [1.82, 2.24) is 9.47 Å². The average Bonchev–Trinajstić information content (AvgIpc) is 3.15. The Balaban J connectivity index is 1.49. The third kappa shape index (κ3) is 6.25. The predicted molar refractivity (Wildman–Crippen MR) is 108 cm³/mol. The molecule has 1 fully saturated rings. The summed E-state index contributed by atoms with van der Waals surface area (Å²) in [4.78, 5) is 13.9. The van der Waals surface area contributed by atoms with Crippen molar-refractivity contribution in [2.45, 2.75) is 20.0 Å². The van der Waals surface area contributed by atoms with Crippen LogP contribution in [0.15, 0.2) is 48.7 Å². The highest BCUT2D eigenvalue weighted by Gasteiger charge is 2.11. The highest BCUT2D eigenvalue weighted by atomic mass is 16.5. The zero-order valence-electron chi connectivity index (χ0n) is 16.4. The minimum Gasteiger partial charge on any atom is -0.492 e. The van der Waals surface area contributed by atoms with Gasteiger partial charge in [-0.25, -0.2) is 4.79 Å². The van der Waals surface area contributed by atoms with Gasteiger partial charge in [-0.1, -0.05) is 12.1 Å². The maximum atomic E-state index is 11.5. The summed E-state index contributed by atoms with van der Waals surface area (Å²) in [6.07, 6.45) is 5.19. The number of morpholine rings is 1. The van der Waals surface area contributed by atoms with E-state index < -0.39 is 0 Å². The molecule has 0 atom stereocenters. The minimum absolute atomic E-state index is 0.330. The van der Waals surface area contributed by atoms with E-state index in [1.165, 1.54) is 11.6 Å². The summed E-state index contributed by atoms with van der Waals surface area (Å²) >= 11 is 0. The Morgan fingerprint density at radius 3 is 2.89 bits per heavy atom. The van der Waals surface area contributed by atoms with Crippen molar-refractivity contribution in [2.75, 3.05) is 39.5 Å². The monoisotopic (exact) mass is 384 g/mol. The van der Waals surface area contributed by atoms with Gasteiger partial charge >= 0.3 is 5.97 Å². The fourth-order valence-corrected chi connectivity index (χ4v) is 3.14. The molecule has 0 saturated carbocycles. The fourth-order valence-electron chi connectivity index (χ4n) is 3.14. The van der Waals surface area contributed by atoms with Gasteiger partial charge in [0.1, 0.15) is 12.4 Å². The molecule has 28 heavy (non-hydrogen) atoms. The molecule has 2 heterocycles. The average molecular weight is 384 g/mol. The Kier molecular flexibility index (Phi) is 7.70. The third-order valence-electron chi connectivity index (χ3n) is 4.55. The molecule has 0 aliphatic carbocycles. The Morgan fingerprint density at radius 2 is 2.07 bits per heavy atom. The van der Waals surface area contributed by atoms with E-state index in [2.05, 4.69) is 17.0 Å². The van der Waals surface area contributed by atoms with Crippen LogP contribution in [0.5, 0.6) is 5.75 Å². The van der Waals surface area contributed by atoms with E-state index in [-0.39, 0.29) is 5.97 Å². The van der Waals surface area contributed by atoms with Crippen LogP contribution in [0.2, 0.25) is 0 Å². The number of esters is 1.